The van der Waals surface area contributed by atoms with Crippen LogP contribution in [0.4, 0.5) is 11.4 Å². The van der Waals surface area contributed by atoms with E-state index in [1.54, 1.807) is 4.90 Å². The predicted molar refractivity (Wildman–Crippen MR) is 116 cm³/mol. The van der Waals surface area contributed by atoms with Crippen molar-refractivity contribution in [2.75, 3.05) is 23.3 Å². The Morgan fingerprint density at radius 2 is 1.72 bits per heavy atom. The smallest absolute Gasteiger partial charge is 0.247 e. The zero-order chi connectivity index (χ0) is 20.4. The Labute approximate surface area is 172 Å². The van der Waals surface area contributed by atoms with E-state index in [-0.39, 0.29) is 11.8 Å². The average molecular weight is 392 g/mol. The summed E-state index contributed by atoms with van der Waals surface area (Å²) >= 11 is 0. The van der Waals surface area contributed by atoms with Gasteiger partial charge in [0.1, 0.15) is 6.04 Å². The zero-order valence-electron chi connectivity index (χ0n) is 17.2. The van der Waals surface area contributed by atoms with Gasteiger partial charge in [0.15, 0.2) is 0 Å². The summed E-state index contributed by atoms with van der Waals surface area (Å²) in [7, 11) is 0. The van der Waals surface area contributed by atoms with Crippen molar-refractivity contribution in [2.45, 2.75) is 45.7 Å². The third-order valence-electron chi connectivity index (χ3n) is 6.12. The summed E-state index contributed by atoms with van der Waals surface area (Å²) in [5.41, 5.74) is 3.90. The first kappa shape index (κ1) is 19.6. The van der Waals surface area contributed by atoms with E-state index in [2.05, 4.69) is 29.3 Å². The fraction of sp³-hybridized carbons (Fsp3) is 0.417. The molecular formula is C24H29N3O2. The Kier molecular flexibility index (Phi) is 5.67. The lowest BCUT2D eigenvalue weighted by Gasteiger charge is -2.30. The number of nitrogens with one attached hydrogen (secondary N) is 1. The lowest BCUT2D eigenvalue weighted by molar-refractivity contribution is -0.122. The molecule has 152 valence electrons. The molecule has 2 aliphatic heterocycles. The molecule has 0 aliphatic carbocycles. The highest BCUT2D eigenvalue weighted by Gasteiger charge is 2.36. The van der Waals surface area contributed by atoms with Crippen molar-refractivity contribution in [2.24, 2.45) is 5.92 Å². The summed E-state index contributed by atoms with van der Waals surface area (Å²) in [5, 5.41) is 2.99. The fourth-order valence-electron chi connectivity index (χ4n) is 4.38. The maximum atomic E-state index is 12.9. The van der Waals surface area contributed by atoms with Gasteiger partial charge in [0.05, 0.1) is 0 Å². The van der Waals surface area contributed by atoms with Crippen molar-refractivity contribution < 1.29 is 9.59 Å². The van der Waals surface area contributed by atoms with Gasteiger partial charge in [-0.1, -0.05) is 37.3 Å². The van der Waals surface area contributed by atoms with E-state index in [0.717, 1.165) is 42.5 Å². The molecule has 1 N–H and O–H groups in total. The molecule has 0 aromatic heterocycles. The van der Waals surface area contributed by atoms with Crippen LogP contribution in [-0.2, 0) is 22.6 Å². The van der Waals surface area contributed by atoms with Crippen LogP contribution < -0.4 is 10.2 Å². The Hall–Kier alpha value is -2.66. The molecule has 1 fully saturated rings. The molecule has 2 aliphatic rings. The van der Waals surface area contributed by atoms with Gasteiger partial charge < -0.3 is 5.32 Å². The molecular weight excluding hydrogens is 362 g/mol. The van der Waals surface area contributed by atoms with Gasteiger partial charge >= 0.3 is 0 Å². The van der Waals surface area contributed by atoms with Crippen LogP contribution in [0.25, 0.3) is 0 Å². The molecule has 29 heavy (non-hydrogen) atoms. The van der Waals surface area contributed by atoms with Gasteiger partial charge in [-0.2, -0.15) is 0 Å². The third kappa shape index (κ3) is 4.35. The fourth-order valence-corrected chi connectivity index (χ4v) is 4.38. The first-order valence-electron chi connectivity index (χ1n) is 10.5. The van der Waals surface area contributed by atoms with E-state index in [9.17, 15) is 9.59 Å². The summed E-state index contributed by atoms with van der Waals surface area (Å²) in [6, 6.07) is 15.3. The van der Waals surface area contributed by atoms with E-state index >= 15 is 0 Å². The standard InChI is InChI=1S/C24H29N3O2/c1-17-11-13-26(14-12-17)16-19-7-9-21(10-8-19)25-24(29)23-15-20-5-3-4-6-22(20)27(23)18(2)28/h3-10,17,23H,11-16H2,1-2H3,(H,25,29). The number of rotatable bonds is 4. The maximum Gasteiger partial charge on any atom is 0.247 e. The van der Waals surface area contributed by atoms with Crippen molar-refractivity contribution in [3.8, 4) is 0 Å². The number of hydrogen-bond donors (Lipinski definition) is 1. The molecule has 2 heterocycles. The third-order valence-corrected chi connectivity index (χ3v) is 6.12. The Balaban J connectivity index is 1.39. The number of fused-ring (bicyclic) bond motifs is 1. The predicted octanol–water partition coefficient (Wildman–Crippen LogP) is 3.83. The SMILES string of the molecule is CC(=O)N1c2ccccc2CC1C(=O)Nc1ccc(CN2CCC(C)CC2)cc1. The monoisotopic (exact) mass is 391 g/mol. The average Bonchev–Trinajstić information content (AvgIpc) is 3.11. The number of amides is 2. The van der Waals surface area contributed by atoms with Gasteiger partial charge in [-0.25, -0.2) is 0 Å². The molecule has 0 spiro atoms. The molecule has 1 unspecified atom stereocenters. The van der Waals surface area contributed by atoms with Crippen LogP contribution in [0.1, 0.15) is 37.8 Å². The van der Waals surface area contributed by atoms with Crippen LogP contribution in [0.5, 0.6) is 0 Å². The van der Waals surface area contributed by atoms with Crippen molar-refractivity contribution in [1.82, 2.24) is 4.90 Å². The van der Waals surface area contributed by atoms with Crippen molar-refractivity contribution in [3.05, 3.63) is 59.7 Å². The van der Waals surface area contributed by atoms with Crippen LogP contribution in [0.3, 0.4) is 0 Å². The van der Waals surface area contributed by atoms with Gasteiger partial charge in [-0.05, 0) is 61.2 Å². The molecule has 1 saturated heterocycles. The lowest BCUT2D eigenvalue weighted by Crippen LogP contribution is -2.44. The second-order valence-electron chi connectivity index (χ2n) is 8.38. The Bertz CT molecular complexity index is 885. The van der Waals surface area contributed by atoms with Gasteiger partial charge in [0.2, 0.25) is 11.8 Å². The van der Waals surface area contributed by atoms with E-state index < -0.39 is 6.04 Å². The van der Waals surface area contributed by atoms with Crippen LogP contribution in [0, 0.1) is 5.92 Å². The molecule has 1 atom stereocenters. The normalized spacial score (nSPS) is 19.8. The van der Waals surface area contributed by atoms with Crippen molar-refractivity contribution >= 4 is 23.2 Å². The maximum absolute atomic E-state index is 12.9. The highest BCUT2D eigenvalue weighted by atomic mass is 16.2. The van der Waals surface area contributed by atoms with E-state index in [1.807, 2.05) is 36.4 Å². The molecule has 0 radical (unpaired) electrons. The second kappa shape index (κ2) is 8.37. The highest BCUT2D eigenvalue weighted by Crippen LogP contribution is 2.32. The number of carbonyl (C=O) groups is 2. The first-order chi connectivity index (χ1) is 14.0. The van der Waals surface area contributed by atoms with Gasteiger partial charge in [-0.15, -0.1) is 0 Å². The Morgan fingerprint density at radius 3 is 2.41 bits per heavy atom. The summed E-state index contributed by atoms with van der Waals surface area (Å²) in [6.45, 7) is 7.10. The number of para-hydroxylation sites is 1. The van der Waals surface area contributed by atoms with Gasteiger partial charge in [0.25, 0.3) is 0 Å². The minimum Gasteiger partial charge on any atom is -0.324 e. The van der Waals surface area contributed by atoms with Gasteiger partial charge in [-0.3, -0.25) is 19.4 Å². The molecule has 5 heteroatoms. The number of anilines is 2. The largest absolute Gasteiger partial charge is 0.324 e. The number of piperidine rings is 1. The van der Waals surface area contributed by atoms with Crippen LogP contribution in [0.15, 0.2) is 48.5 Å². The molecule has 5 nitrogen and oxygen atoms in total. The van der Waals surface area contributed by atoms with Gasteiger partial charge in [0, 0.05) is 31.3 Å². The number of hydrogen-bond acceptors (Lipinski definition) is 3. The quantitative estimate of drug-likeness (QED) is 0.862. The molecule has 4 rings (SSSR count). The number of nitrogens with zero attached hydrogens (tertiary/aromatic N) is 2. The lowest BCUT2D eigenvalue weighted by atomic mass is 9.99. The van der Waals surface area contributed by atoms with Crippen LogP contribution in [0.2, 0.25) is 0 Å². The highest BCUT2D eigenvalue weighted by molar-refractivity contribution is 6.06. The molecule has 2 aromatic carbocycles. The number of carbonyl (C=O) groups excluding carboxylic acids is 2. The Morgan fingerprint density at radius 1 is 1.03 bits per heavy atom. The molecule has 0 bridgehead atoms. The molecule has 2 amide bonds. The van der Waals surface area contributed by atoms with Crippen molar-refractivity contribution in [1.29, 1.82) is 0 Å². The minimum atomic E-state index is -0.500. The number of likely N-dealkylation sites (tertiary alicyclic amines) is 1. The summed E-state index contributed by atoms with van der Waals surface area (Å²) in [4.78, 5) is 29.2. The molecule has 0 saturated carbocycles. The summed E-state index contributed by atoms with van der Waals surface area (Å²) < 4.78 is 0. The second-order valence-corrected chi connectivity index (χ2v) is 8.38. The van der Waals surface area contributed by atoms with Crippen LogP contribution >= 0.6 is 0 Å². The topological polar surface area (TPSA) is 52.7 Å². The van der Waals surface area contributed by atoms with Crippen LogP contribution in [-0.4, -0.2) is 35.8 Å². The van der Waals surface area contributed by atoms with E-state index in [0.29, 0.717) is 6.42 Å². The first-order valence-corrected chi connectivity index (χ1v) is 10.5. The zero-order valence-corrected chi connectivity index (χ0v) is 17.2. The van der Waals surface area contributed by atoms with Crippen molar-refractivity contribution in [3.63, 3.8) is 0 Å². The number of benzene rings is 2. The summed E-state index contributed by atoms with van der Waals surface area (Å²) in [6.07, 6.45) is 3.09. The van der Waals surface area contributed by atoms with E-state index in [4.69, 9.17) is 0 Å². The summed E-state index contributed by atoms with van der Waals surface area (Å²) in [5.74, 6) is 0.579. The molecule has 2 aromatic rings. The minimum absolute atomic E-state index is 0.110. The van der Waals surface area contributed by atoms with E-state index in [1.165, 1.54) is 25.3 Å².